The summed E-state index contributed by atoms with van der Waals surface area (Å²) in [4.78, 5) is 10.3. The van der Waals surface area contributed by atoms with Crippen LogP contribution in [0.25, 0.3) is 0 Å². The molecule has 76 valence electrons. The molecule has 0 saturated carbocycles. The van der Waals surface area contributed by atoms with Gasteiger partial charge in [0.1, 0.15) is 4.47 Å². The third-order valence-corrected chi connectivity index (χ3v) is 4.47. The van der Waals surface area contributed by atoms with Crippen molar-refractivity contribution in [2.24, 2.45) is 0 Å². The van der Waals surface area contributed by atoms with E-state index < -0.39 is 4.92 Å². The molecule has 14 heavy (non-hydrogen) atoms. The van der Waals surface area contributed by atoms with Crippen molar-refractivity contribution in [3.05, 3.63) is 28.7 Å². The van der Waals surface area contributed by atoms with Crippen molar-refractivity contribution in [1.29, 1.82) is 0 Å². The van der Waals surface area contributed by atoms with Crippen molar-refractivity contribution in [2.75, 3.05) is 7.11 Å². The number of benzene rings is 1. The maximum Gasteiger partial charge on any atom is 0.327 e. The number of nitro groups is 1. The zero-order valence-corrected chi connectivity index (χ0v) is 12.2. The molecule has 0 saturated heterocycles. The smallest absolute Gasteiger partial charge is 0.327 e. The van der Waals surface area contributed by atoms with Crippen molar-refractivity contribution >= 4 is 60.1 Å². The minimum atomic E-state index is -0.476. The maximum atomic E-state index is 10.8. The number of hydrogen-bond acceptors (Lipinski definition) is 3. The van der Waals surface area contributed by atoms with Crippen molar-refractivity contribution in [1.82, 2.24) is 0 Å². The fourth-order valence-electron chi connectivity index (χ4n) is 0.923. The van der Waals surface area contributed by atoms with Crippen molar-refractivity contribution in [2.45, 2.75) is 0 Å². The van der Waals surface area contributed by atoms with E-state index in [2.05, 4.69) is 31.9 Å². The Balaban J connectivity index is 3.56. The van der Waals surface area contributed by atoms with Crippen LogP contribution in [0.3, 0.4) is 0 Å². The van der Waals surface area contributed by atoms with Gasteiger partial charge in [0.05, 0.1) is 16.5 Å². The standard InChI is InChI=1S/C7H4Br2INO3/c1-14-7-3(8)2-4(10)5(9)6(7)11(12)13/h2H,1H3. The van der Waals surface area contributed by atoms with E-state index in [1.54, 1.807) is 6.07 Å². The second-order valence-electron chi connectivity index (χ2n) is 2.29. The fraction of sp³-hybridized carbons (Fsp3) is 0.143. The Bertz CT molecular complexity index is 397. The van der Waals surface area contributed by atoms with E-state index in [9.17, 15) is 10.1 Å². The lowest BCUT2D eigenvalue weighted by molar-refractivity contribution is -0.386. The molecule has 7 heteroatoms. The Labute approximate surface area is 111 Å². The molecule has 0 N–H and O–H groups in total. The van der Waals surface area contributed by atoms with Crippen LogP contribution in [-0.4, -0.2) is 12.0 Å². The second-order valence-corrected chi connectivity index (χ2v) is 5.10. The molecule has 0 amide bonds. The molecule has 1 rings (SSSR count). The van der Waals surface area contributed by atoms with Gasteiger partial charge in [-0.3, -0.25) is 10.1 Å². The molecular weight excluding hydrogens is 433 g/mol. The Kier molecular flexibility index (Phi) is 4.14. The van der Waals surface area contributed by atoms with E-state index in [-0.39, 0.29) is 11.4 Å². The van der Waals surface area contributed by atoms with Crippen LogP contribution in [0.4, 0.5) is 5.69 Å². The summed E-state index contributed by atoms with van der Waals surface area (Å²) in [6.45, 7) is 0. The summed E-state index contributed by atoms with van der Waals surface area (Å²) in [7, 11) is 1.40. The van der Waals surface area contributed by atoms with E-state index >= 15 is 0 Å². The van der Waals surface area contributed by atoms with Crippen molar-refractivity contribution in [3.8, 4) is 5.75 Å². The third kappa shape index (κ3) is 2.19. The monoisotopic (exact) mass is 435 g/mol. The maximum absolute atomic E-state index is 10.8. The molecule has 0 atom stereocenters. The van der Waals surface area contributed by atoms with Gasteiger partial charge in [0.2, 0.25) is 5.75 Å². The van der Waals surface area contributed by atoms with E-state index in [1.807, 2.05) is 22.6 Å². The number of ether oxygens (including phenoxy) is 1. The number of nitrogens with zero attached hydrogens (tertiary/aromatic N) is 1. The zero-order valence-electron chi connectivity index (χ0n) is 6.88. The Morgan fingerprint density at radius 3 is 2.57 bits per heavy atom. The van der Waals surface area contributed by atoms with Gasteiger partial charge in [-0.25, -0.2) is 0 Å². The van der Waals surface area contributed by atoms with E-state index in [0.717, 1.165) is 3.57 Å². The summed E-state index contributed by atoms with van der Waals surface area (Å²) in [5, 5.41) is 10.8. The van der Waals surface area contributed by atoms with E-state index in [0.29, 0.717) is 8.95 Å². The molecule has 0 unspecified atom stereocenters. The number of halogens is 3. The van der Waals surface area contributed by atoms with Gasteiger partial charge in [-0.15, -0.1) is 0 Å². The fourth-order valence-corrected chi connectivity index (χ4v) is 2.94. The van der Waals surface area contributed by atoms with Crippen LogP contribution in [0.5, 0.6) is 5.75 Å². The van der Waals surface area contributed by atoms with Gasteiger partial charge >= 0.3 is 5.69 Å². The van der Waals surface area contributed by atoms with E-state index in [1.165, 1.54) is 7.11 Å². The molecule has 0 bridgehead atoms. The molecule has 0 aliphatic rings. The lowest BCUT2D eigenvalue weighted by Crippen LogP contribution is -1.97. The first-order valence-electron chi connectivity index (χ1n) is 3.35. The van der Waals surface area contributed by atoms with Crippen LogP contribution in [0.1, 0.15) is 0 Å². The predicted octanol–water partition coefficient (Wildman–Crippen LogP) is 3.73. The Hall–Kier alpha value is 0.110. The molecule has 1 aromatic rings. The van der Waals surface area contributed by atoms with Crippen LogP contribution in [0.15, 0.2) is 15.0 Å². The lowest BCUT2D eigenvalue weighted by Gasteiger charge is -2.06. The quantitative estimate of drug-likeness (QED) is 0.307. The molecule has 0 spiro atoms. The highest BCUT2D eigenvalue weighted by Crippen LogP contribution is 2.42. The molecule has 4 nitrogen and oxygen atoms in total. The Morgan fingerprint density at radius 1 is 1.57 bits per heavy atom. The molecule has 1 aromatic carbocycles. The Morgan fingerprint density at radius 2 is 2.14 bits per heavy atom. The van der Waals surface area contributed by atoms with Gasteiger partial charge in [0, 0.05) is 3.57 Å². The first-order valence-corrected chi connectivity index (χ1v) is 6.01. The zero-order chi connectivity index (χ0) is 10.9. The van der Waals surface area contributed by atoms with Gasteiger partial charge in [0.15, 0.2) is 0 Å². The average molecular weight is 437 g/mol. The first-order chi connectivity index (χ1) is 6.49. The summed E-state index contributed by atoms with van der Waals surface area (Å²) in [5.74, 6) is 0.224. The lowest BCUT2D eigenvalue weighted by atomic mass is 10.3. The summed E-state index contributed by atoms with van der Waals surface area (Å²) in [5.41, 5.74) is -0.0636. The van der Waals surface area contributed by atoms with Gasteiger partial charge in [-0.1, -0.05) is 0 Å². The molecular formula is C7H4Br2INO3. The van der Waals surface area contributed by atoms with Crippen molar-refractivity contribution in [3.63, 3.8) is 0 Å². The van der Waals surface area contributed by atoms with Gasteiger partial charge in [-0.05, 0) is 60.5 Å². The summed E-state index contributed by atoms with van der Waals surface area (Å²) in [6.07, 6.45) is 0. The highest BCUT2D eigenvalue weighted by molar-refractivity contribution is 14.1. The highest BCUT2D eigenvalue weighted by atomic mass is 127. The molecule has 0 heterocycles. The number of hydrogen-bond donors (Lipinski definition) is 0. The minimum Gasteiger partial charge on any atom is -0.489 e. The highest BCUT2D eigenvalue weighted by Gasteiger charge is 2.24. The van der Waals surface area contributed by atoms with E-state index in [4.69, 9.17) is 4.74 Å². The average Bonchev–Trinajstić information content (AvgIpc) is 2.10. The summed E-state index contributed by atoms with van der Waals surface area (Å²) in [6, 6.07) is 1.75. The minimum absolute atomic E-state index is 0.0636. The predicted molar refractivity (Wildman–Crippen MR) is 67.8 cm³/mol. The molecule has 0 aliphatic carbocycles. The second kappa shape index (κ2) is 4.75. The van der Waals surface area contributed by atoms with Gasteiger partial charge < -0.3 is 4.74 Å². The van der Waals surface area contributed by atoms with Crippen LogP contribution in [-0.2, 0) is 0 Å². The first kappa shape index (κ1) is 12.2. The van der Waals surface area contributed by atoms with Gasteiger partial charge in [0.25, 0.3) is 0 Å². The van der Waals surface area contributed by atoms with Crippen LogP contribution < -0.4 is 4.74 Å². The largest absolute Gasteiger partial charge is 0.489 e. The summed E-state index contributed by atoms with van der Waals surface area (Å²) < 4.78 is 6.71. The van der Waals surface area contributed by atoms with Gasteiger partial charge in [-0.2, -0.15) is 0 Å². The third-order valence-electron chi connectivity index (χ3n) is 1.49. The number of nitro benzene ring substituents is 1. The molecule has 0 radical (unpaired) electrons. The van der Waals surface area contributed by atoms with Crippen LogP contribution in [0, 0.1) is 13.7 Å². The molecule has 0 aromatic heterocycles. The molecule has 0 fully saturated rings. The normalized spacial score (nSPS) is 10.0. The summed E-state index contributed by atoms with van der Waals surface area (Å²) >= 11 is 8.37. The van der Waals surface area contributed by atoms with Crippen LogP contribution in [0.2, 0.25) is 0 Å². The number of rotatable bonds is 2. The topological polar surface area (TPSA) is 52.4 Å². The van der Waals surface area contributed by atoms with Crippen LogP contribution >= 0.6 is 54.5 Å². The van der Waals surface area contributed by atoms with Crippen molar-refractivity contribution < 1.29 is 9.66 Å². The molecule has 0 aliphatic heterocycles. The number of methoxy groups -OCH3 is 1. The SMILES string of the molecule is COc1c(Br)cc(I)c(Br)c1[N+](=O)[O-].